The van der Waals surface area contributed by atoms with Crippen molar-refractivity contribution in [1.29, 1.82) is 0 Å². The minimum Gasteiger partial charge on any atom is -0.481 e. The lowest BCUT2D eigenvalue weighted by molar-refractivity contribution is -0.133. The van der Waals surface area contributed by atoms with Gasteiger partial charge in [-0.25, -0.2) is 9.37 Å². The number of para-hydroxylation sites is 1. The summed E-state index contributed by atoms with van der Waals surface area (Å²) < 4.78 is 20.7. The number of carboxylic acids is 1. The second-order valence-electron chi connectivity index (χ2n) is 4.40. The van der Waals surface area contributed by atoms with Gasteiger partial charge in [-0.2, -0.15) is 0 Å². The van der Waals surface area contributed by atoms with E-state index in [1.165, 1.54) is 6.07 Å². The topological polar surface area (TPSA) is 68.3 Å². The van der Waals surface area contributed by atoms with E-state index in [1.54, 1.807) is 35.3 Å². The number of rotatable bonds is 5. The van der Waals surface area contributed by atoms with Gasteiger partial charge in [0.05, 0.1) is 30.3 Å². The van der Waals surface area contributed by atoms with Crippen molar-refractivity contribution in [3.8, 4) is 0 Å². The Bertz CT molecular complexity index is 783. The van der Waals surface area contributed by atoms with Crippen LogP contribution in [0.4, 0.5) is 4.39 Å². The summed E-state index contributed by atoms with van der Waals surface area (Å²) in [5.74, 6) is -1.49. The number of aliphatic carboxylic acids is 1. The van der Waals surface area contributed by atoms with E-state index in [4.69, 9.17) is 9.52 Å². The lowest BCUT2D eigenvalue weighted by Gasteiger charge is -2.06. The summed E-state index contributed by atoms with van der Waals surface area (Å²) in [6, 6.07) is 6.51. The minimum absolute atomic E-state index is 0.129. The summed E-state index contributed by atoms with van der Waals surface area (Å²) in [6.07, 6.45) is 3.15. The number of halogens is 1. The number of thioether (sulfide) groups is 1. The second kappa shape index (κ2) is 5.61. The van der Waals surface area contributed by atoms with Crippen LogP contribution in [0.15, 0.2) is 46.4 Å². The summed E-state index contributed by atoms with van der Waals surface area (Å²) in [6.45, 7) is 0.443. The fourth-order valence-corrected chi connectivity index (χ4v) is 2.77. The van der Waals surface area contributed by atoms with Crippen LogP contribution < -0.4 is 0 Å². The monoisotopic (exact) mass is 306 g/mol. The summed E-state index contributed by atoms with van der Waals surface area (Å²) in [5, 5.41) is 9.28. The minimum atomic E-state index is -0.942. The number of furan rings is 1. The van der Waals surface area contributed by atoms with Crippen LogP contribution in [0.1, 0.15) is 5.56 Å². The zero-order valence-electron chi connectivity index (χ0n) is 10.8. The van der Waals surface area contributed by atoms with Gasteiger partial charge in [-0.3, -0.25) is 4.79 Å². The Balaban J connectivity index is 2.06. The first-order chi connectivity index (χ1) is 10.1. The third-order valence-electron chi connectivity index (χ3n) is 2.94. The quantitative estimate of drug-likeness (QED) is 0.734. The number of carboxylic acid groups (broad SMARTS) is 1. The average molecular weight is 306 g/mol. The SMILES string of the molecule is O=C(O)CSc1nc2c(F)cccc2n1Cc1ccoc1. The first kappa shape index (κ1) is 13.7. The highest BCUT2D eigenvalue weighted by atomic mass is 32.2. The van der Waals surface area contributed by atoms with E-state index in [2.05, 4.69) is 4.98 Å². The second-order valence-corrected chi connectivity index (χ2v) is 5.34. The molecule has 1 aromatic carbocycles. The van der Waals surface area contributed by atoms with Crippen molar-refractivity contribution in [2.24, 2.45) is 0 Å². The molecular weight excluding hydrogens is 295 g/mol. The zero-order chi connectivity index (χ0) is 14.8. The molecule has 0 aliphatic carbocycles. The number of imidazole rings is 1. The standard InChI is InChI=1S/C14H11FN2O3S/c15-10-2-1-3-11-13(10)16-14(21-8-12(18)19)17(11)6-9-4-5-20-7-9/h1-5,7H,6,8H2,(H,18,19). The summed E-state index contributed by atoms with van der Waals surface area (Å²) >= 11 is 1.07. The maximum absolute atomic E-state index is 13.8. The van der Waals surface area contributed by atoms with Crippen molar-refractivity contribution in [3.63, 3.8) is 0 Å². The highest BCUT2D eigenvalue weighted by Crippen LogP contribution is 2.26. The first-order valence-corrected chi connectivity index (χ1v) is 7.14. The molecule has 108 valence electrons. The molecule has 5 nitrogen and oxygen atoms in total. The maximum atomic E-state index is 13.8. The van der Waals surface area contributed by atoms with Gasteiger partial charge in [-0.1, -0.05) is 17.8 Å². The number of carbonyl (C=O) groups is 1. The van der Waals surface area contributed by atoms with Gasteiger partial charge in [0.1, 0.15) is 5.52 Å². The van der Waals surface area contributed by atoms with Crippen molar-refractivity contribution in [1.82, 2.24) is 9.55 Å². The number of fused-ring (bicyclic) bond motifs is 1. The van der Waals surface area contributed by atoms with E-state index in [9.17, 15) is 9.18 Å². The maximum Gasteiger partial charge on any atom is 0.313 e. The Kier molecular flexibility index (Phi) is 3.66. The zero-order valence-corrected chi connectivity index (χ0v) is 11.6. The molecule has 3 rings (SSSR count). The molecule has 2 aromatic heterocycles. The first-order valence-electron chi connectivity index (χ1n) is 6.15. The predicted octanol–water partition coefficient (Wildman–Crippen LogP) is 2.99. The fraction of sp³-hybridized carbons (Fsp3) is 0.143. The molecule has 0 saturated carbocycles. The predicted molar refractivity (Wildman–Crippen MR) is 75.9 cm³/mol. The van der Waals surface area contributed by atoms with E-state index in [-0.39, 0.29) is 11.3 Å². The Morgan fingerprint density at radius 1 is 1.43 bits per heavy atom. The highest BCUT2D eigenvalue weighted by Gasteiger charge is 2.15. The normalized spacial score (nSPS) is 11.1. The van der Waals surface area contributed by atoms with Gasteiger partial charge in [0.15, 0.2) is 11.0 Å². The largest absolute Gasteiger partial charge is 0.481 e. The molecule has 0 aliphatic heterocycles. The third kappa shape index (κ3) is 2.78. The molecule has 1 N–H and O–H groups in total. The Morgan fingerprint density at radius 3 is 3.00 bits per heavy atom. The molecule has 0 unspecified atom stereocenters. The van der Waals surface area contributed by atoms with E-state index in [1.807, 2.05) is 0 Å². The van der Waals surface area contributed by atoms with Gasteiger partial charge in [0.25, 0.3) is 0 Å². The summed E-state index contributed by atoms with van der Waals surface area (Å²) in [5.41, 5.74) is 1.77. The highest BCUT2D eigenvalue weighted by molar-refractivity contribution is 7.99. The molecule has 0 bridgehead atoms. The Morgan fingerprint density at radius 2 is 2.29 bits per heavy atom. The van der Waals surface area contributed by atoms with Crippen molar-refractivity contribution >= 4 is 28.8 Å². The molecule has 2 heterocycles. The van der Waals surface area contributed by atoms with E-state index < -0.39 is 11.8 Å². The van der Waals surface area contributed by atoms with Crippen LogP contribution in [0.3, 0.4) is 0 Å². The third-order valence-corrected chi connectivity index (χ3v) is 3.90. The molecule has 0 atom stereocenters. The van der Waals surface area contributed by atoms with Crippen LogP contribution in [0.2, 0.25) is 0 Å². The number of hydrogen-bond acceptors (Lipinski definition) is 4. The Hall–Kier alpha value is -2.28. The molecular formula is C14H11FN2O3S. The summed E-state index contributed by atoms with van der Waals surface area (Å²) in [7, 11) is 0. The van der Waals surface area contributed by atoms with Crippen LogP contribution in [0, 0.1) is 5.82 Å². The Labute approximate surface area is 123 Å². The number of aromatic nitrogens is 2. The van der Waals surface area contributed by atoms with Gasteiger partial charge in [0.2, 0.25) is 0 Å². The fourth-order valence-electron chi connectivity index (χ4n) is 2.05. The van der Waals surface area contributed by atoms with Gasteiger partial charge >= 0.3 is 5.97 Å². The molecule has 0 amide bonds. The molecule has 0 radical (unpaired) electrons. The van der Waals surface area contributed by atoms with Crippen LogP contribution in [0.25, 0.3) is 11.0 Å². The van der Waals surface area contributed by atoms with Gasteiger partial charge in [-0.05, 0) is 18.2 Å². The van der Waals surface area contributed by atoms with Crippen LogP contribution in [-0.2, 0) is 11.3 Å². The molecule has 3 aromatic rings. The number of benzene rings is 1. The molecule has 0 spiro atoms. The van der Waals surface area contributed by atoms with E-state index in [0.29, 0.717) is 17.2 Å². The molecule has 21 heavy (non-hydrogen) atoms. The van der Waals surface area contributed by atoms with Crippen molar-refractivity contribution < 1.29 is 18.7 Å². The average Bonchev–Trinajstić information content (AvgIpc) is 3.07. The lowest BCUT2D eigenvalue weighted by Crippen LogP contribution is -2.04. The van der Waals surface area contributed by atoms with Gasteiger partial charge in [0, 0.05) is 5.56 Å². The van der Waals surface area contributed by atoms with E-state index in [0.717, 1.165) is 17.3 Å². The van der Waals surface area contributed by atoms with Gasteiger partial charge in [-0.15, -0.1) is 0 Å². The molecule has 7 heteroatoms. The van der Waals surface area contributed by atoms with E-state index >= 15 is 0 Å². The smallest absolute Gasteiger partial charge is 0.313 e. The number of nitrogens with zero attached hydrogens (tertiary/aromatic N) is 2. The van der Waals surface area contributed by atoms with Gasteiger partial charge < -0.3 is 14.1 Å². The van der Waals surface area contributed by atoms with Crippen molar-refractivity contribution in [2.75, 3.05) is 5.75 Å². The molecule has 0 saturated heterocycles. The van der Waals surface area contributed by atoms with Crippen LogP contribution in [-0.4, -0.2) is 26.4 Å². The van der Waals surface area contributed by atoms with Crippen molar-refractivity contribution in [2.45, 2.75) is 11.7 Å². The summed E-state index contributed by atoms with van der Waals surface area (Å²) in [4.78, 5) is 15.0. The lowest BCUT2D eigenvalue weighted by atomic mass is 10.3. The van der Waals surface area contributed by atoms with Crippen LogP contribution in [0.5, 0.6) is 0 Å². The van der Waals surface area contributed by atoms with Crippen LogP contribution >= 0.6 is 11.8 Å². The number of hydrogen-bond donors (Lipinski definition) is 1. The molecule has 0 fully saturated rings. The molecule has 0 aliphatic rings. The van der Waals surface area contributed by atoms with Crippen molar-refractivity contribution in [3.05, 3.63) is 48.2 Å².